The fraction of sp³-hybridized carbons (Fsp3) is 0.667. The highest BCUT2D eigenvalue weighted by atomic mass is 35.5. The van der Waals surface area contributed by atoms with E-state index in [4.69, 9.17) is 16.3 Å². The number of rotatable bonds is 3. The number of ether oxygens (including phenoxy) is 1. The molecule has 120 valence electrons. The minimum Gasteiger partial charge on any atom is -0.495 e. The monoisotopic (exact) mass is 320 g/mol. The molecule has 1 aliphatic heterocycles. The summed E-state index contributed by atoms with van der Waals surface area (Å²) in [4.78, 5) is 6.34. The average Bonchev–Trinajstić information content (AvgIpc) is 2.46. The molecule has 0 N–H and O–H groups in total. The van der Waals surface area contributed by atoms with Crippen molar-refractivity contribution in [2.75, 3.05) is 20.2 Å². The maximum Gasteiger partial charge on any atom is 0.250 e. The molecule has 1 aromatic rings. The van der Waals surface area contributed by atoms with Crippen LogP contribution in [0.3, 0.4) is 0 Å². The molecule has 0 radical (unpaired) electrons. The molecule has 0 saturated carbocycles. The minimum atomic E-state index is -2.52. The smallest absolute Gasteiger partial charge is 0.250 e. The van der Waals surface area contributed by atoms with Crippen molar-refractivity contribution in [3.05, 3.63) is 22.5 Å². The molecular formula is C15H23ClF2N2O. The van der Waals surface area contributed by atoms with Crippen LogP contribution in [0.15, 0.2) is 6.07 Å². The van der Waals surface area contributed by atoms with E-state index in [0.717, 1.165) is 5.69 Å². The van der Waals surface area contributed by atoms with Gasteiger partial charge >= 0.3 is 0 Å². The van der Waals surface area contributed by atoms with Crippen LogP contribution in [-0.4, -0.2) is 36.0 Å². The maximum absolute atomic E-state index is 13.1. The Labute approximate surface area is 130 Å². The average molecular weight is 321 g/mol. The number of alkyl halides is 2. The summed E-state index contributed by atoms with van der Waals surface area (Å²) in [5.41, 5.74) is 1.47. The van der Waals surface area contributed by atoms with E-state index >= 15 is 0 Å². The first-order valence-corrected chi connectivity index (χ1v) is 7.59. The lowest BCUT2D eigenvalue weighted by Crippen LogP contribution is -2.39. The molecule has 2 heterocycles. The van der Waals surface area contributed by atoms with Gasteiger partial charge in [-0.15, -0.1) is 0 Å². The number of hydrogen-bond donors (Lipinski definition) is 0. The number of piperidine rings is 1. The number of pyridine rings is 1. The predicted molar refractivity (Wildman–Crippen MR) is 81.3 cm³/mol. The Morgan fingerprint density at radius 2 is 1.90 bits per heavy atom. The van der Waals surface area contributed by atoms with Gasteiger partial charge in [0.15, 0.2) is 0 Å². The summed E-state index contributed by atoms with van der Waals surface area (Å²) >= 11 is 6.14. The second-order valence-electron chi connectivity index (χ2n) is 4.84. The van der Waals surface area contributed by atoms with Crippen molar-refractivity contribution in [1.82, 2.24) is 9.88 Å². The van der Waals surface area contributed by atoms with Crippen LogP contribution in [0.4, 0.5) is 8.78 Å². The molecule has 0 aliphatic carbocycles. The second-order valence-corrected chi connectivity index (χ2v) is 5.24. The first-order chi connectivity index (χ1) is 9.91. The number of nitrogens with zero attached hydrogens (tertiary/aromatic N) is 2. The standard InChI is InChI=1S/C13H17ClF2N2O.C2H6/c1-9-12(19-2)7-10(14)11(17-9)8-18-5-3-13(15,16)4-6-18;1-2/h7H,3-6,8H2,1-2H3;1-2H3. The Kier molecular flexibility index (Phi) is 6.81. The molecule has 0 amide bonds. The molecule has 1 fully saturated rings. The molecule has 0 atom stereocenters. The van der Waals surface area contributed by atoms with Gasteiger partial charge in [0.1, 0.15) is 5.75 Å². The molecule has 0 unspecified atom stereocenters. The highest BCUT2D eigenvalue weighted by Crippen LogP contribution is 2.30. The number of methoxy groups -OCH3 is 1. The fourth-order valence-electron chi connectivity index (χ4n) is 2.18. The van der Waals surface area contributed by atoms with E-state index in [1.165, 1.54) is 0 Å². The summed E-state index contributed by atoms with van der Waals surface area (Å²) in [6.45, 7) is 7.08. The Balaban J connectivity index is 0.00000106. The number of aryl methyl sites for hydroxylation is 1. The third-order valence-corrected chi connectivity index (χ3v) is 3.70. The number of hydrogen-bond acceptors (Lipinski definition) is 3. The van der Waals surface area contributed by atoms with Gasteiger partial charge in [-0.2, -0.15) is 0 Å². The van der Waals surface area contributed by atoms with E-state index in [1.54, 1.807) is 13.2 Å². The van der Waals surface area contributed by atoms with Crippen molar-refractivity contribution < 1.29 is 13.5 Å². The molecule has 0 spiro atoms. The molecule has 1 saturated heterocycles. The van der Waals surface area contributed by atoms with Crippen molar-refractivity contribution in [2.45, 2.75) is 46.1 Å². The Bertz CT molecular complexity index is 459. The second kappa shape index (κ2) is 7.90. The van der Waals surface area contributed by atoms with Crippen molar-refractivity contribution >= 4 is 11.6 Å². The largest absolute Gasteiger partial charge is 0.495 e. The molecule has 21 heavy (non-hydrogen) atoms. The molecule has 3 nitrogen and oxygen atoms in total. The van der Waals surface area contributed by atoms with Crippen LogP contribution in [-0.2, 0) is 6.54 Å². The lowest BCUT2D eigenvalue weighted by atomic mass is 10.1. The highest BCUT2D eigenvalue weighted by molar-refractivity contribution is 6.31. The maximum atomic E-state index is 13.1. The highest BCUT2D eigenvalue weighted by Gasteiger charge is 2.34. The first kappa shape index (κ1) is 18.1. The summed E-state index contributed by atoms with van der Waals surface area (Å²) in [5, 5.41) is 0.514. The van der Waals surface area contributed by atoms with Crippen LogP contribution in [0.25, 0.3) is 0 Å². The fourth-order valence-corrected chi connectivity index (χ4v) is 2.38. The summed E-state index contributed by atoms with van der Waals surface area (Å²) in [5.74, 6) is -1.89. The van der Waals surface area contributed by atoms with E-state index in [2.05, 4.69) is 4.98 Å². The lowest BCUT2D eigenvalue weighted by molar-refractivity contribution is -0.0568. The van der Waals surface area contributed by atoms with Crippen LogP contribution < -0.4 is 4.74 Å². The summed E-state index contributed by atoms with van der Waals surface area (Å²) < 4.78 is 31.3. The van der Waals surface area contributed by atoms with E-state index in [0.29, 0.717) is 36.1 Å². The molecule has 2 rings (SSSR count). The van der Waals surface area contributed by atoms with Gasteiger partial charge in [-0.3, -0.25) is 9.88 Å². The van der Waals surface area contributed by atoms with Gasteiger partial charge in [-0.1, -0.05) is 25.4 Å². The molecule has 1 aromatic heterocycles. The van der Waals surface area contributed by atoms with Crippen LogP contribution in [0, 0.1) is 6.92 Å². The van der Waals surface area contributed by atoms with Gasteiger partial charge in [0.25, 0.3) is 5.92 Å². The van der Waals surface area contributed by atoms with Crippen LogP contribution in [0.2, 0.25) is 5.02 Å². The predicted octanol–water partition coefficient (Wildman–Crippen LogP) is 4.31. The third kappa shape index (κ3) is 5.08. The lowest BCUT2D eigenvalue weighted by Gasteiger charge is -2.31. The number of likely N-dealkylation sites (tertiary alicyclic amines) is 1. The first-order valence-electron chi connectivity index (χ1n) is 7.21. The topological polar surface area (TPSA) is 25.4 Å². The summed E-state index contributed by atoms with van der Waals surface area (Å²) in [6, 6.07) is 1.72. The Morgan fingerprint density at radius 1 is 1.33 bits per heavy atom. The van der Waals surface area contributed by atoms with E-state index in [1.807, 2.05) is 25.7 Å². The quantitative estimate of drug-likeness (QED) is 0.830. The Hall–Kier alpha value is -0.940. The summed E-state index contributed by atoms with van der Waals surface area (Å²) in [7, 11) is 1.56. The van der Waals surface area contributed by atoms with Gasteiger partial charge in [-0.25, -0.2) is 8.78 Å². The molecular weight excluding hydrogens is 298 g/mol. The van der Waals surface area contributed by atoms with Gasteiger partial charge < -0.3 is 4.74 Å². The van der Waals surface area contributed by atoms with E-state index in [9.17, 15) is 8.78 Å². The van der Waals surface area contributed by atoms with Crippen molar-refractivity contribution in [1.29, 1.82) is 0 Å². The van der Waals surface area contributed by atoms with E-state index in [-0.39, 0.29) is 12.8 Å². The van der Waals surface area contributed by atoms with Gasteiger partial charge in [0.05, 0.1) is 23.5 Å². The van der Waals surface area contributed by atoms with Gasteiger partial charge in [-0.05, 0) is 6.92 Å². The SMILES string of the molecule is CC.COc1cc(Cl)c(CN2CCC(F)(F)CC2)nc1C. The zero-order valence-corrected chi connectivity index (χ0v) is 13.8. The van der Waals surface area contributed by atoms with Crippen molar-refractivity contribution in [2.24, 2.45) is 0 Å². The number of aromatic nitrogens is 1. The Morgan fingerprint density at radius 3 is 2.43 bits per heavy atom. The molecule has 6 heteroatoms. The molecule has 1 aliphatic rings. The normalized spacial score (nSPS) is 17.9. The van der Waals surface area contributed by atoms with Crippen LogP contribution >= 0.6 is 11.6 Å². The van der Waals surface area contributed by atoms with Crippen molar-refractivity contribution in [3.63, 3.8) is 0 Å². The van der Waals surface area contributed by atoms with Gasteiger partial charge in [0.2, 0.25) is 0 Å². The summed E-state index contributed by atoms with van der Waals surface area (Å²) in [6.07, 6.45) is -0.195. The molecule has 0 bridgehead atoms. The van der Waals surface area contributed by atoms with Gasteiger partial charge in [0, 0.05) is 38.5 Å². The zero-order valence-electron chi connectivity index (χ0n) is 13.0. The zero-order chi connectivity index (χ0) is 16.0. The van der Waals surface area contributed by atoms with Crippen molar-refractivity contribution in [3.8, 4) is 5.75 Å². The third-order valence-electron chi connectivity index (χ3n) is 3.37. The molecule has 0 aromatic carbocycles. The number of halogens is 3. The minimum absolute atomic E-state index is 0.0975. The van der Waals surface area contributed by atoms with Crippen LogP contribution in [0.5, 0.6) is 5.75 Å². The van der Waals surface area contributed by atoms with E-state index < -0.39 is 5.92 Å². The van der Waals surface area contributed by atoms with Crippen LogP contribution in [0.1, 0.15) is 38.1 Å².